The zero-order chi connectivity index (χ0) is 12.8. The molecule has 2 amide bonds. The number of carbonyl (C=O) groups excluding carboxylic acids is 2. The third-order valence-electron chi connectivity index (χ3n) is 2.08. The molecule has 0 atom stereocenters. The quantitative estimate of drug-likeness (QED) is 0.833. The van der Waals surface area contributed by atoms with Gasteiger partial charge in [-0.25, -0.2) is 0 Å². The van der Waals surface area contributed by atoms with Gasteiger partial charge < -0.3 is 10.2 Å². The molecule has 1 N–H and O–H groups in total. The average molecular weight is 253 g/mol. The Bertz CT molecular complexity index is 446. The molecule has 0 radical (unpaired) electrons. The lowest BCUT2D eigenvalue weighted by Crippen LogP contribution is -2.33. The number of para-hydroxylation sites is 1. The number of likely N-dealkylation sites (N-methyl/N-ethyl adjacent to an activating group) is 1. The van der Waals surface area contributed by atoms with Crippen molar-refractivity contribution in [2.75, 3.05) is 18.9 Å². The van der Waals surface area contributed by atoms with Gasteiger partial charge in [-0.2, -0.15) is 0 Å². The topological polar surface area (TPSA) is 49.4 Å². The standard InChI is InChI=1S/C12H13ClN2O2/c1-3-12(17)15(2)8-11(16)14-10-7-5-4-6-9(10)13/h3-7H,1,8H2,2H3,(H,14,16). The second-order valence-corrected chi connectivity index (χ2v) is 3.83. The summed E-state index contributed by atoms with van der Waals surface area (Å²) >= 11 is 5.88. The summed E-state index contributed by atoms with van der Waals surface area (Å²) < 4.78 is 0. The molecule has 17 heavy (non-hydrogen) atoms. The lowest BCUT2D eigenvalue weighted by Gasteiger charge is -2.14. The van der Waals surface area contributed by atoms with Gasteiger partial charge >= 0.3 is 0 Å². The van der Waals surface area contributed by atoms with E-state index in [1.54, 1.807) is 24.3 Å². The molecule has 0 fully saturated rings. The van der Waals surface area contributed by atoms with E-state index in [2.05, 4.69) is 11.9 Å². The van der Waals surface area contributed by atoms with Crippen molar-refractivity contribution < 1.29 is 9.59 Å². The van der Waals surface area contributed by atoms with Crippen LogP contribution in [0.15, 0.2) is 36.9 Å². The third kappa shape index (κ3) is 3.92. The van der Waals surface area contributed by atoms with Crippen LogP contribution < -0.4 is 5.32 Å². The van der Waals surface area contributed by atoms with Crippen molar-refractivity contribution >= 4 is 29.1 Å². The molecule has 0 heterocycles. The summed E-state index contributed by atoms with van der Waals surface area (Å²) in [4.78, 5) is 24.0. The molecule has 5 heteroatoms. The largest absolute Gasteiger partial charge is 0.333 e. The van der Waals surface area contributed by atoms with Gasteiger partial charge in [0.15, 0.2) is 0 Å². The lowest BCUT2D eigenvalue weighted by molar-refractivity contribution is -0.129. The van der Waals surface area contributed by atoms with E-state index in [0.717, 1.165) is 6.08 Å². The minimum Gasteiger partial charge on any atom is -0.333 e. The normalized spacial score (nSPS) is 9.53. The van der Waals surface area contributed by atoms with E-state index in [0.29, 0.717) is 10.7 Å². The fraction of sp³-hybridized carbons (Fsp3) is 0.167. The fourth-order valence-electron chi connectivity index (χ4n) is 1.20. The summed E-state index contributed by atoms with van der Waals surface area (Å²) in [5.41, 5.74) is 0.526. The molecule has 0 aliphatic rings. The predicted octanol–water partition coefficient (Wildman–Crippen LogP) is 1.92. The molecule has 4 nitrogen and oxygen atoms in total. The maximum atomic E-state index is 11.6. The van der Waals surface area contributed by atoms with Crippen molar-refractivity contribution in [2.45, 2.75) is 0 Å². The Morgan fingerprint density at radius 1 is 1.47 bits per heavy atom. The molecule has 0 aliphatic carbocycles. The van der Waals surface area contributed by atoms with E-state index in [9.17, 15) is 9.59 Å². The molecule has 90 valence electrons. The van der Waals surface area contributed by atoms with Gasteiger partial charge in [0.2, 0.25) is 11.8 Å². The Kier molecular flexibility index (Phi) is 4.72. The van der Waals surface area contributed by atoms with Crippen LogP contribution in [0, 0.1) is 0 Å². The molecular weight excluding hydrogens is 240 g/mol. The zero-order valence-corrected chi connectivity index (χ0v) is 10.2. The smallest absolute Gasteiger partial charge is 0.246 e. The maximum absolute atomic E-state index is 11.6. The highest BCUT2D eigenvalue weighted by atomic mass is 35.5. The Balaban J connectivity index is 2.59. The number of nitrogens with one attached hydrogen (secondary N) is 1. The summed E-state index contributed by atoms with van der Waals surface area (Å²) in [5.74, 6) is -0.616. The van der Waals surface area contributed by atoms with Crippen molar-refractivity contribution in [2.24, 2.45) is 0 Å². The molecule has 1 aromatic carbocycles. The minimum atomic E-state index is -0.309. The van der Waals surface area contributed by atoms with Gasteiger partial charge in [0.05, 0.1) is 17.3 Å². The van der Waals surface area contributed by atoms with Gasteiger partial charge in [-0.05, 0) is 18.2 Å². The van der Waals surface area contributed by atoms with Crippen molar-refractivity contribution in [3.05, 3.63) is 41.9 Å². The van der Waals surface area contributed by atoms with Crippen LogP contribution in [0.4, 0.5) is 5.69 Å². The molecule has 0 bridgehead atoms. The maximum Gasteiger partial charge on any atom is 0.246 e. The monoisotopic (exact) mass is 252 g/mol. The molecule has 1 aromatic rings. The van der Waals surface area contributed by atoms with Crippen molar-refractivity contribution in [1.29, 1.82) is 0 Å². The summed E-state index contributed by atoms with van der Waals surface area (Å²) in [6.45, 7) is 3.30. The van der Waals surface area contributed by atoms with Crippen LogP contribution in [0.3, 0.4) is 0 Å². The van der Waals surface area contributed by atoms with E-state index in [1.165, 1.54) is 11.9 Å². The first-order valence-corrected chi connectivity index (χ1v) is 5.34. The van der Waals surface area contributed by atoms with Crippen LogP contribution in [0.1, 0.15) is 0 Å². The molecular formula is C12H13ClN2O2. The number of amides is 2. The minimum absolute atomic E-state index is 0.0456. The SMILES string of the molecule is C=CC(=O)N(C)CC(=O)Nc1ccccc1Cl. The second-order valence-electron chi connectivity index (χ2n) is 3.43. The second kappa shape index (κ2) is 6.06. The number of rotatable bonds is 4. The molecule has 0 saturated heterocycles. The van der Waals surface area contributed by atoms with Gasteiger partial charge in [-0.1, -0.05) is 30.3 Å². The van der Waals surface area contributed by atoms with Crippen LogP contribution in [0.25, 0.3) is 0 Å². The number of carbonyl (C=O) groups is 2. The average Bonchev–Trinajstić information content (AvgIpc) is 2.31. The zero-order valence-electron chi connectivity index (χ0n) is 9.44. The summed E-state index contributed by atoms with van der Waals surface area (Å²) in [6.07, 6.45) is 1.16. The summed E-state index contributed by atoms with van der Waals surface area (Å²) in [7, 11) is 1.52. The van der Waals surface area contributed by atoms with Crippen molar-refractivity contribution in [3.63, 3.8) is 0 Å². The van der Waals surface area contributed by atoms with Gasteiger partial charge in [-0.3, -0.25) is 9.59 Å². The first-order valence-electron chi connectivity index (χ1n) is 4.96. The number of hydrogen-bond acceptors (Lipinski definition) is 2. The van der Waals surface area contributed by atoms with Gasteiger partial charge in [-0.15, -0.1) is 0 Å². The Morgan fingerprint density at radius 3 is 2.71 bits per heavy atom. The number of halogens is 1. The van der Waals surface area contributed by atoms with Gasteiger partial charge in [0, 0.05) is 7.05 Å². The summed E-state index contributed by atoms with van der Waals surface area (Å²) in [6, 6.07) is 6.90. The molecule has 1 rings (SSSR count). The Hall–Kier alpha value is -1.81. The van der Waals surface area contributed by atoms with Gasteiger partial charge in [0.1, 0.15) is 0 Å². The van der Waals surface area contributed by atoms with Crippen LogP contribution >= 0.6 is 11.6 Å². The van der Waals surface area contributed by atoms with Crippen LogP contribution in [0.2, 0.25) is 5.02 Å². The van der Waals surface area contributed by atoms with E-state index in [4.69, 9.17) is 11.6 Å². The fourth-order valence-corrected chi connectivity index (χ4v) is 1.38. The molecule has 0 saturated carbocycles. The van der Waals surface area contributed by atoms with Gasteiger partial charge in [0.25, 0.3) is 0 Å². The number of nitrogens with zero attached hydrogens (tertiary/aromatic N) is 1. The highest BCUT2D eigenvalue weighted by Crippen LogP contribution is 2.20. The van der Waals surface area contributed by atoms with Crippen LogP contribution in [-0.2, 0) is 9.59 Å². The van der Waals surface area contributed by atoms with E-state index in [-0.39, 0.29) is 18.4 Å². The number of hydrogen-bond donors (Lipinski definition) is 1. The van der Waals surface area contributed by atoms with Crippen molar-refractivity contribution in [1.82, 2.24) is 4.90 Å². The van der Waals surface area contributed by atoms with Crippen LogP contribution in [-0.4, -0.2) is 30.3 Å². The number of benzene rings is 1. The molecule has 0 spiro atoms. The Labute approximate surface area is 105 Å². The molecule has 0 aliphatic heterocycles. The van der Waals surface area contributed by atoms with E-state index >= 15 is 0 Å². The lowest BCUT2D eigenvalue weighted by atomic mass is 10.3. The van der Waals surface area contributed by atoms with E-state index in [1.807, 2.05) is 0 Å². The third-order valence-corrected chi connectivity index (χ3v) is 2.41. The first kappa shape index (κ1) is 13.3. The molecule has 0 unspecified atom stereocenters. The Morgan fingerprint density at radius 2 is 2.12 bits per heavy atom. The predicted molar refractivity (Wildman–Crippen MR) is 67.9 cm³/mol. The molecule has 0 aromatic heterocycles. The van der Waals surface area contributed by atoms with E-state index < -0.39 is 0 Å². The number of anilines is 1. The van der Waals surface area contributed by atoms with Crippen LogP contribution in [0.5, 0.6) is 0 Å². The van der Waals surface area contributed by atoms with Crippen molar-refractivity contribution in [3.8, 4) is 0 Å². The highest BCUT2D eigenvalue weighted by molar-refractivity contribution is 6.33. The first-order chi connectivity index (χ1) is 8.04. The highest BCUT2D eigenvalue weighted by Gasteiger charge is 2.11. The summed E-state index contributed by atoms with van der Waals surface area (Å²) in [5, 5.41) is 3.08.